The molecule has 0 aromatic carbocycles. The van der Waals surface area contributed by atoms with Crippen LogP contribution in [0.25, 0.3) is 0 Å². The maximum atomic E-state index is 10.7. The molecule has 0 unspecified atom stereocenters. The largest absolute Gasteiger partial charge is 0.467 e. The average Bonchev–Trinajstić information content (AvgIpc) is 2.34. The quantitative estimate of drug-likeness (QED) is 0.538. The second kappa shape index (κ2) is 8.84. The lowest BCUT2D eigenvalue weighted by Crippen LogP contribution is -2.29. The summed E-state index contributed by atoms with van der Waals surface area (Å²) in [5.41, 5.74) is 0. The van der Waals surface area contributed by atoms with Gasteiger partial charge in [0, 0.05) is 11.9 Å². The zero-order valence-electron chi connectivity index (χ0n) is 9.87. The molecule has 1 saturated heterocycles. The summed E-state index contributed by atoms with van der Waals surface area (Å²) in [6.07, 6.45) is 3.55. The Morgan fingerprint density at radius 1 is 1.44 bits per heavy atom. The van der Waals surface area contributed by atoms with E-state index in [1.807, 2.05) is 11.8 Å². The molecule has 0 atom stereocenters. The average molecular weight is 247 g/mol. The van der Waals surface area contributed by atoms with Crippen LogP contribution in [0.2, 0.25) is 0 Å². The minimum Gasteiger partial charge on any atom is -0.467 e. The summed E-state index contributed by atoms with van der Waals surface area (Å²) in [5, 5.41) is 4.16. The summed E-state index contributed by atoms with van der Waals surface area (Å²) in [4.78, 5) is 10.7. The van der Waals surface area contributed by atoms with Gasteiger partial charge in [-0.1, -0.05) is 0 Å². The van der Waals surface area contributed by atoms with Crippen LogP contribution in [-0.2, 0) is 14.3 Å². The second-order valence-electron chi connectivity index (χ2n) is 3.80. The van der Waals surface area contributed by atoms with Crippen LogP contribution in [0.1, 0.15) is 19.3 Å². The van der Waals surface area contributed by atoms with Crippen LogP contribution in [0.15, 0.2) is 0 Å². The van der Waals surface area contributed by atoms with E-state index in [-0.39, 0.29) is 12.6 Å². The molecule has 0 aromatic rings. The van der Waals surface area contributed by atoms with Crippen molar-refractivity contribution in [3.8, 4) is 0 Å². The number of hydrogen-bond donors (Lipinski definition) is 1. The lowest BCUT2D eigenvalue weighted by molar-refractivity contribution is -0.145. The van der Waals surface area contributed by atoms with E-state index in [0.717, 1.165) is 30.5 Å². The highest BCUT2D eigenvalue weighted by molar-refractivity contribution is 7.99. The summed E-state index contributed by atoms with van der Waals surface area (Å²) >= 11 is 2.03. The number of thioether (sulfide) groups is 1. The summed E-state index contributed by atoms with van der Waals surface area (Å²) in [7, 11) is 1.37. The highest BCUT2D eigenvalue weighted by atomic mass is 32.2. The standard InChI is InChI=1S/C11H21NO3S/c1-14-11(13)9-15-7-2-8-16-10-3-5-12-6-4-10/h10,12H,2-9H2,1H3. The molecule has 16 heavy (non-hydrogen) atoms. The number of carbonyl (C=O) groups excluding carboxylic acids is 1. The predicted molar refractivity (Wildman–Crippen MR) is 65.8 cm³/mol. The normalized spacial score (nSPS) is 17.3. The van der Waals surface area contributed by atoms with Crippen molar-refractivity contribution in [1.29, 1.82) is 0 Å². The fraction of sp³-hybridized carbons (Fsp3) is 0.909. The van der Waals surface area contributed by atoms with Gasteiger partial charge in [-0.2, -0.15) is 11.8 Å². The molecule has 4 nitrogen and oxygen atoms in total. The highest BCUT2D eigenvalue weighted by Gasteiger charge is 2.12. The Bertz CT molecular complexity index is 196. The zero-order chi connectivity index (χ0) is 11.6. The molecule has 1 rings (SSSR count). The molecular formula is C11H21NO3S. The molecule has 0 amide bonds. The topological polar surface area (TPSA) is 47.6 Å². The van der Waals surface area contributed by atoms with Crippen LogP contribution in [0.5, 0.6) is 0 Å². The maximum absolute atomic E-state index is 10.7. The van der Waals surface area contributed by atoms with E-state index in [1.54, 1.807) is 0 Å². The third-order valence-electron chi connectivity index (χ3n) is 2.52. The minimum atomic E-state index is -0.300. The molecular weight excluding hydrogens is 226 g/mol. The number of esters is 1. The van der Waals surface area contributed by atoms with Gasteiger partial charge >= 0.3 is 5.97 Å². The molecule has 0 radical (unpaired) electrons. The van der Waals surface area contributed by atoms with E-state index in [1.165, 1.54) is 20.0 Å². The van der Waals surface area contributed by atoms with Gasteiger partial charge in [0.05, 0.1) is 7.11 Å². The number of carbonyl (C=O) groups is 1. The Hall–Kier alpha value is -0.260. The highest BCUT2D eigenvalue weighted by Crippen LogP contribution is 2.20. The zero-order valence-corrected chi connectivity index (χ0v) is 10.7. The number of rotatable bonds is 7. The van der Waals surface area contributed by atoms with Gasteiger partial charge in [-0.25, -0.2) is 4.79 Å². The van der Waals surface area contributed by atoms with Crippen molar-refractivity contribution in [3.05, 3.63) is 0 Å². The van der Waals surface area contributed by atoms with Gasteiger partial charge in [0.2, 0.25) is 0 Å². The van der Waals surface area contributed by atoms with E-state index in [2.05, 4.69) is 10.1 Å². The molecule has 1 heterocycles. The Morgan fingerprint density at radius 3 is 2.88 bits per heavy atom. The predicted octanol–water partition coefficient (Wildman–Crippen LogP) is 1.05. The van der Waals surface area contributed by atoms with Gasteiger partial charge < -0.3 is 14.8 Å². The molecule has 0 spiro atoms. The lowest BCUT2D eigenvalue weighted by Gasteiger charge is -2.21. The Labute approximate surface area is 101 Å². The van der Waals surface area contributed by atoms with Crippen molar-refractivity contribution in [1.82, 2.24) is 5.32 Å². The van der Waals surface area contributed by atoms with Crippen molar-refractivity contribution >= 4 is 17.7 Å². The fourth-order valence-electron chi connectivity index (χ4n) is 1.59. The number of nitrogens with one attached hydrogen (secondary N) is 1. The molecule has 0 bridgehead atoms. The third kappa shape index (κ3) is 6.35. The molecule has 5 heteroatoms. The Balaban J connectivity index is 1.85. The van der Waals surface area contributed by atoms with E-state index in [0.29, 0.717) is 6.61 Å². The first-order valence-corrected chi connectivity index (χ1v) is 6.84. The summed E-state index contributed by atoms with van der Waals surface area (Å²) in [6, 6.07) is 0. The van der Waals surface area contributed by atoms with Gasteiger partial charge in [0.1, 0.15) is 6.61 Å². The molecule has 1 fully saturated rings. The molecule has 94 valence electrons. The summed E-state index contributed by atoms with van der Waals surface area (Å²) < 4.78 is 9.65. The van der Waals surface area contributed by atoms with Crippen LogP contribution in [0, 0.1) is 0 Å². The van der Waals surface area contributed by atoms with Crippen LogP contribution in [0.4, 0.5) is 0 Å². The van der Waals surface area contributed by atoms with E-state index in [4.69, 9.17) is 4.74 Å². The van der Waals surface area contributed by atoms with Crippen LogP contribution in [0.3, 0.4) is 0 Å². The van der Waals surface area contributed by atoms with Crippen LogP contribution >= 0.6 is 11.8 Å². The Kier molecular flexibility index (Phi) is 7.63. The molecule has 0 aromatic heterocycles. The van der Waals surface area contributed by atoms with Gasteiger partial charge in [0.25, 0.3) is 0 Å². The number of hydrogen-bond acceptors (Lipinski definition) is 5. The van der Waals surface area contributed by atoms with Crippen LogP contribution in [-0.4, -0.2) is 50.4 Å². The van der Waals surface area contributed by atoms with Crippen molar-refractivity contribution in [3.63, 3.8) is 0 Å². The maximum Gasteiger partial charge on any atom is 0.331 e. The lowest BCUT2D eigenvalue weighted by atomic mass is 10.2. The van der Waals surface area contributed by atoms with Gasteiger partial charge in [0.15, 0.2) is 0 Å². The number of methoxy groups -OCH3 is 1. The molecule has 1 N–H and O–H groups in total. The first kappa shape index (κ1) is 13.8. The number of ether oxygens (including phenoxy) is 2. The molecule has 1 aliphatic heterocycles. The van der Waals surface area contributed by atoms with Crippen molar-refractivity contribution in [2.75, 3.05) is 39.2 Å². The molecule has 0 saturated carbocycles. The molecule has 1 aliphatic rings. The van der Waals surface area contributed by atoms with Gasteiger partial charge in [-0.3, -0.25) is 0 Å². The fourth-order valence-corrected chi connectivity index (χ4v) is 2.77. The van der Waals surface area contributed by atoms with Gasteiger partial charge in [-0.15, -0.1) is 0 Å². The van der Waals surface area contributed by atoms with E-state index < -0.39 is 0 Å². The summed E-state index contributed by atoms with van der Waals surface area (Å²) in [5.74, 6) is 0.817. The van der Waals surface area contributed by atoms with E-state index in [9.17, 15) is 4.79 Å². The monoisotopic (exact) mass is 247 g/mol. The second-order valence-corrected chi connectivity index (χ2v) is 5.21. The van der Waals surface area contributed by atoms with Crippen LogP contribution < -0.4 is 5.32 Å². The van der Waals surface area contributed by atoms with E-state index >= 15 is 0 Å². The first-order chi connectivity index (χ1) is 7.83. The van der Waals surface area contributed by atoms with Crippen molar-refractivity contribution in [2.24, 2.45) is 0 Å². The minimum absolute atomic E-state index is 0.0779. The van der Waals surface area contributed by atoms with Crippen molar-refractivity contribution in [2.45, 2.75) is 24.5 Å². The summed E-state index contributed by atoms with van der Waals surface area (Å²) in [6.45, 7) is 3.02. The molecule has 0 aliphatic carbocycles. The Morgan fingerprint density at radius 2 is 2.19 bits per heavy atom. The number of piperidine rings is 1. The smallest absolute Gasteiger partial charge is 0.331 e. The SMILES string of the molecule is COC(=O)COCCCSC1CCNCC1. The third-order valence-corrected chi connectivity index (χ3v) is 3.99. The van der Waals surface area contributed by atoms with Gasteiger partial charge in [-0.05, 0) is 38.1 Å². The van der Waals surface area contributed by atoms with Crippen molar-refractivity contribution < 1.29 is 14.3 Å². The first-order valence-electron chi connectivity index (χ1n) is 5.80.